The standard InChI is InChI=1S/C19H18O7/c1-25-18(23)14-9-11(3-5-16(14)21)7-13(20)8-12-4-6-17(22)15(10-12)19(24)26-2/h3-6,9-10,21-22H,7-8H2,1-2H3. The second-order valence-corrected chi connectivity index (χ2v) is 5.58. The van der Waals surface area contributed by atoms with Crippen LogP contribution in [0.1, 0.15) is 31.8 Å². The third-order valence-electron chi connectivity index (χ3n) is 3.74. The summed E-state index contributed by atoms with van der Waals surface area (Å²) in [6.45, 7) is 0. The average molecular weight is 358 g/mol. The molecule has 0 saturated carbocycles. The lowest BCUT2D eigenvalue weighted by molar-refractivity contribution is -0.117. The van der Waals surface area contributed by atoms with Gasteiger partial charge in [0, 0.05) is 12.8 Å². The molecular weight excluding hydrogens is 340 g/mol. The Bertz CT molecular complexity index is 785. The Morgan fingerprint density at radius 1 is 0.769 bits per heavy atom. The number of phenolic OH excluding ortho intramolecular Hbond substituents is 2. The first-order valence-corrected chi connectivity index (χ1v) is 7.67. The van der Waals surface area contributed by atoms with E-state index in [-0.39, 0.29) is 41.3 Å². The van der Waals surface area contributed by atoms with Crippen molar-refractivity contribution in [2.45, 2.75) is 12.8 Å². The Hall–Kier alpha value is -3.35. The van der Waals surface area contributed by atoms with Gasteiger partial charge in [-0.1, -0.05) is 12.1 Å². The molecule has 0 saturated heterocycles. The summed E-state index contributed by atoms with van der Waals surface area (Å²) in [5.74, 6) is -2.02. The van der Waals surface area contributed by atoms with Crippen LogP contribution in [-0.4, -0.2) is 42.2 Å². The minimum Gasteiger partial charge on any atom is -0.507 e. The van der Waals surface area contributed by atoms with E-state index in [1.807, 2.05) is 0 Å². The SMILES string of the molecule is COC(=O)c1cc(CC(=O)Cc2ccc(O)c(C(=O)OC)c2)ccc1O. The number of esters is 2. The van der Waals surface area contributed by atoms with Crippen molar-refractivity contribution in [1.82, 2.24) is 0 Å². The molecule has 0 aromatic heterocycles. The fraction of sp³-hybridized carbons (Fsp3) is 0.211. The number of hydrogen-bond acceptors (Lipinski definition) is 7. The average Bonchev–Trinajstić information content (AvgIpc) is 2.63. The summed E-state index contributed by atoms with van der Waals surface area (Å²) in [7, 11) is 2.40. The van der Waals surface area contributed by atoms with Crippen molar-refractivity contribution in [2.75, 3.05) is 14.2 Å². The van der Waals surface area contributed by atoms with Crippen molar-refractivity contribution in [3.63, 3.8) is 0 Å². The lowest BCUT2D eigenvalue weighted by Crippen LogP contribution is -2.09. The molecule has 26 heavy (non-hydrogen) atoms. The summed E-state index contributed by atoms with van der Waals surface area (Å²) in [6.07, 6.45) is 0.0530. The first-order valence-electron chi connectivity index (χ1n) is 7.67. The Morgan fingerprint density at radius 2 is 1.15 bits per heavy atom. The lowest BCUT2D eigenvalue weighted by Gasteiger charge is -2.08. The molecule has 2 N–H and O–H groups in total. The third-order valence-corrected chi connectivity index (χ3v) is 3.74. The summed E-state index contributed by atoms with van der Waals surface area (Å²) in [5, 5.41) is 19.4. The smallest absolute Gasteiger partial charge is 0.341 e. The van der Waals surface area contributed by atoms with Crippen LogP contribution in [-0.2, 0) is 27.1 Å². The molecule has 2 rings (SSSR count). The molecule has 0 unspecified atom stereocenters. The predicted octanol–water partition coefficient (Wildman–Crippen LogP) is 2.03. The molecule has 0 radical (unpaired) electrons. The summed E-state index contributed by atoms with van der Waals surface area (Å²) in [5.41, 5.74) is 1.05. The molecule has 136 valence electrons. The van der Waals surface area contributed by atoms with Crippen molar-refractivity contribution in [2.24, 2.45) is 0 Å². The van der Waals surface area contributed by atoms with Gasteiger partial charge in [0.2, 0.25) is 0 Å². The molecule has 0 atom stereocenters. The first-order chi connectivity index (χ1) is 12.3. The largest absolute Gasteiger partial charge is 0.507 e. The number of Topliss-reactive ketones (excluding diaryl/α,β-unsaturated/α-hetero) is 1. The van der Waals surface area contributed by atoms with Gasteiger partial charge in [0.1, 0.15) is 28.4 Å². The molecule has 0 heterocycles. The van der Waals surface area contributed by atoms with E-state index in [1.54, 1.807) is 0 Å². The molecule has 2 aromatic rings. The number of rotatable bonds is 6. The maximum Gasteiger partial charge on any atom is 0.341 e. The minimum absolute atomic E-state index is 0.0181. The van der Waals surface area contributed by atoms with Gasteiger partial charge in [0.15, 0.2) is 0 Å². The molecule has 7 nitrogen and oxygen atoms in total. The zero-order valence-electron chi connectivity index (χ0n) is 14.3. The number of phenols is 2. The number of benzene rings is 2. The molecular formula is C19H18O7. The van der Waals surface area contributed by atoms with Crippen LogP contribution in [0.15, 0.2) is 36.4 Å². The van der Waals surface area contributed by atoms with E-state index in [9.17, 15) is 24.6 Å². The van der Waals surface area contributed by atoms with Gasteiger partial charge in [-0.05, 0) is 35.4 Å². The zero-order valence-corrected chi connectivity index (χ0v) is 14.3. The van der Waals surface area contributed by atoms with Gasteiger partial charge < -0.3 is 19.7 Å². The predicted molar refractivity (Wildman–Crippen MR) is 91.3 cm³/mol. The summed E-state index contributed by atoms with van der Waals surface area (Å²) in [6, 6.07) is 8.52. The van der Waals surface area contributed by atoms with Gasteiger partial charge in [-0.3, -0.25) is 4.79 Å². The number of aromatic hydroxyl groups is 2. The topological polar surface area (TPSA) is 110 Å². The normalized spacial score (nSPS) is 10.2. The number of hydrogen-bond donors (Lipinski definition) is 2. The Balaban J connectivity index is 2.14. The Kier molecular flexibility index (Phi) is 5.95. The fourth-order valence-corrected chi connectivity index (χ4v) is 2.45. The van der Waals surface area contributed by atoms with E-state index < -0.39 is 11.9 Å². The lowest BCUT2D eigenvalue weighted by atomic mass is 9.99. The maximum atomic E-state index is 12.3. The van der Waals surface area contributed by atoms with E-state index in [4.69, 9.17) is 0 Å². The van der Waals surface area contributed by atoms with E-state index >= 15 is 0 Å². The number of carbonyl (C=O) groups excluding carboxylic acids is 3. The molecule has 7 heteroatoms. The van der Waals surface area contributed by atoms with Crippen molar-refractivity contribution < 1.29 is 34.1 Å². The molecule has 0 aliphatic rings. The van der Waals surface area contributed by atoms with Gasteiger partial charge in [0.05, 0.1) is 14.2 Å². The molecule has 0 bridgehead atoms. The molecule has 0 fully saturated rings. The second-order valence-electron chi connectivity index (χ2n) is 5.58. The molecule has 2 aromatic carbocycles. The van der Waals surface area contributed by atoms with Crippen LogP contribution in [0.3, 0.4) is 0 Å². The van der Waals surface area contributed by atoms with E-state index in [0.717, 1.165) is 0 Å². The summed E-state index contributed by atoms with van der Waals surface area (Å²) >= 11 is 0. The van der Waals surface area contributed by atoms with Gasteiger partial charge in [0.25, 0.3) is 0 Å². The van der Waals surface area contributed by atoms with E-state index in [1.165, 1.54) is 50.6 Å². The molecule has 0 aliphatic heterocycles. The van der Waals surface area contributed by atoms with Crippen LogP contribution in [0, 0.1) is 0 Å². The molecule has 0 amide bonds. The van der Waals surface area contributed by atoms with Crippen LogP contribution in [0.2, 0.25) is 0 Å². The van der Waals surface area contributed by atoms with Crippen LogP contribution in [0.4, 0.5) is 0 Å². The van der Waals surface area contributed by atoms with Crippen LogP contribution in [0.5, 0.6) is 11.5 Å². The van der Waals surface area contributed by atoms with E-state index in [0.29, 0.717) is 11.1 Å². The highest BCUT2D eigenvalue weighted by atomic mass is 16.5. The van der Waals surface area contributed by atoms with Gasteiger partial charge in [-0.25, -0.2) is 9.59 Å². The molecule has 0 aliphatic carbocycles. The highest BCUT2D eigenvalue weighted by Gasteiger charge is 2.16. The van der Waals surface area contributed by atoms with Crippen molar-refractivity contribution >= 4 is 17.7 Å². The Morgan fingerprint density at radius 3 is 1.50 bits per heavy atom. The minimum atomic E-state index is -0.696. The number of ether oxygens (including phenoxy) is 2. The number of ketones is 1. The van der Waals surface area contributed by atoms with Crippen LogP contribution < -0.4 is 0 Å². The Labute approximate surface area is 149 Å². The van der Waals surface area contributed by atoms with Gasteiger partial charge in [-0.15, -0.1) is 0 Å². The number of carbonyl (C=O) groups is 3. The second kappa shape index (κ2) is 8.15. The van der Waals surface area contributed by atoms with Crippen LogP contribution in [0.25, 0.3) is 0 Å². The van der Waals surface area contributed by atoms with Crippen molar-refractivity contribution in [1.29, 1.82) is 0 Å². The maximum absolute atomic E-state index is 12.3. The first kappa shape index (κ1) is 19.0. The highest BCUT2D eigenvalue weighted by Crippen LogP contribution is 2.22. The summed E-state index contributed by atoms with van der Waals surface area (Å²) < 4.78 is 9.16. The van der Waals surface area contributed by atoms with Crippen molar-refractivity contribution in [3.8, 4) is 11.5 Å². The highest BCUT2D eigenvalue weighted by molar-refractivity contribution is 5.94. The van der Waals surface area contributed by atoms with Gasteiger partial charge >= 0.3 is 11.9 Å². The fourth-order valence-electron chi connectivity index (χ4n) is 2.45. The van der Waals surface area contributed by atoms with Crippen molar-refractivity contribution in [3.05, 3.63) is 58.7 Å². The zero-order chi connectivity index (χ0) is 19.3. The quantitative estimate of drug-likeness (QED) is 0.760. The number of methoxy groups -OCH3 is 2. The van der Waals surface area contributed by atoms with Crippen LogP contribution >= 0.6 is 0 Å². The van der Waals surface area contributed by atoms with E-state index in [2.05, 4.69) is 9.47 Å². The van der Waals surface area contributed by atoms with Gasteiger partial charge in [-0.2, -0.15) is 0 Å². The third kappa shape index (κ3) is 4.38. The summed E-state index contributed by atoms with van der Waals surface area (Å²) in [4.78, 5) is 35.5. The molecule has 0 spiro atoms. The monoisotopic (exact) mass is 358 g/mol.